The number of carbonyl (C=O) groups is 1. The highest BCUT2D eigenvalue weighted by Crippen LogP contribution is 2.22. The van der Waals surface area contributed by atoms with Crippen molar-refractivity contribution in [3.63, 3.8) is 0 Å². The Morgan fingerprint density at radius 1 is 1.15 bits per heavy atom. The number of methoxy groups -OCH3 is 1. The van der Waals surface area contributed by atoms with E-state index in [-0.39, 0.29) is 0 Å². The monoisotopic (exact) mass is 267 g/mol. The highest BCUT2D eigenvalue weighted by Gasteiger charge is 2.05. The van der Waals surface area contributed by atoms with Gasteiger partial charge < -0.3 is 10.5 Å². The lowest BCUT2D eigenvalue weighted by Gasteiger charge is -2.06. The molecule has 0 bridgehead atoms. The quantitative estimate of drug-likeness (QED) is 0.864. The molecule has 0 spiro atoms. The summed E-state index contributed by atoms with van der Waals surface area (Å²) in [6.45, 7) is 2.05. The maximum absolute atomic E-state index is 11.2. The van der Waals surface area contributed by atoms with E-state index in [0.29, 0.717) is 11.3 Å². The fraction of sp³-hybridized carbons (Fsp3) is 0.118. The molecule has 2 rings (SSSR count). The summed E-state index contributed by atoms with van der Waals surface area (Å²) in [6, 6.07) is 13.3. The van der Waals surface area contributed by atoms with E-state index in [0.717, 1.165) is 11.1 Å². The molecule has 0 aliphatic heterocycles. The molecule has 0 saturated heterocycles. The van der Waals surface area contributed by atoms with Gasteiger partial charge in [-0.2, -0.15) is 0 Å². The molecule has 0 saturated carbocycles. The fourth-order valence-corrected chi connectivity index (χ4v) is 1.98. The van der Waals surface area contributed by atoms with Crippen molar-refractivity contribution < 1.29 is 9.53 Å². The smallest absolute Gasteiger partial charge is 0.248 e. The summed E-state index contributed by atoms with van der Waals surface area (Å²) in [5, 5.41) is 0. The van der Waals surface area contributed by atoms with Crippen LogP contribution in [-0.2, 0) is 0 Å². The lowest BCUT2D eigenvalue weighted by atomic mass is 10.1. The van der Waals surface area contributed by atoms with Gasteiger partial charge in [-0.1, -0.05) is 42.0 Å². The van der Waals surface area contributed by atoms with E-state index in [2.05, 4.69) is 6.07 Å². The van der Waals surface area contributed by atoms with Crippen molar-refractivity contribution in [3.8, 4) is 5.75 Å². The topological polar surface area (TPSA) is 52.3 Å². The molecule has 2 aromatic rings. The van der Waals surface area contributed by atoms with Crippen molar-refractivity contribution in [1.82, 2.24) is 0 Å². The van der Waals surface area contributed by atoms with Crippen molar-refractivity contribution in [1.29, 1.82) is 0 Å². The van der Waals surface area contributed by atoms with Crippen LogP contribution in [0.3, 0.4) is 0 Å². The summed E-state index contributed by atoms with van der Waals surface area (Å²) in [5.74, 6) is 0.261. The van der Waals surface area contributed by atoms with Gasteiger partial charge in [-0.25, -0.2) is 0 Å². The number of primary amides is 1. The minimum atomic E-state index is -0.446. The van der Waals surface area contributed by atoms with Gasteiger partial charge >= 0.3 is 0 Å². The molecule has 0 unspecified atom stereocenters. The summed E-state index contributed by atoms with van der Waals surface area (Å²) in [4.78, 5) is 11.2. The second kappa shape index (κ2) is 6.06. The van der Waals surface area contributed by atoms with E-state index < -0.39 is 5.91 Å². The Kier molecular flexibility index (Phi) is 4.20. The van der Waals surface area contributed by atoms with Gasteiger partial charge in [0.15, 0.2) is 0 Å². The Balaban J connectivity index is 2.36. The number of rotatable bonds is 4. The van der Waals surface area contributed by atoms with Gasteiger partial charge in [0.2, 0.25) is 5.91 Å². The van der Waals surface area contributed by atoms with Crippen LogP contribution in [0.4, 0.5) is 0 Å². The van der Waals surface area contributed by atoms with Gasteiger partial charge in [0.05, 0.1) is 7.11 Å². The molecule has 2 N–H and O–H groups in total. The Bertz CT molecular complexity index is 660. The first kappa shape index (κ1) is 13.9. The number of benzene rings is 2. The zero-order valence-corrected chi connectivity index (χ0v) is 11.6. The normalized spacial score (nSPS) is 10.7. The molecule has 0 aliphatic rings. The third-order valence-corrected chi connectivity index (χ3v) is 3.01. The van der Waals surface area contributed by atoms with Crippen molar-refractivity contribution in [2.75, 3.05) is 7.11 Å². The summed E-state index contributed by atoms with van der Waals surface area (Å²) in [5.41, 5.74) is 8.88. The third kappa shape index (κ3) is 3.26. The van der Waals surface area contributed by atoms with Gasteiger partial charge in [-0.3, -0.25) is 4.79 Å². The molecule has 0 aliphatic carbocycles. The standard InChI is InChI=1S/C17H17NO2/c1-12-4-3-5-13(10-12)6-7-14-11-15(17(18)19)8-9-16(14)20-2/h3-11H,1-2H3,(H2,18,19)/b7-6+. The highest BCUT2D eigenvalue weighted by molar-refractivity contribution is 5.94. The molecule has 3 nitrogen and oxygen atoms in total. The average Bonchev–Trinajstić information content (AvgIpc) is 2.44. The van der Waals surface area contributed by atoms with Gasteiger partial charge in [-0.05, 0) is 30.7 Å². The van der Waals surface area contributed by atoms with Crippen LogP contribution in [0.2, 0.25) is 0 Å². The Labute approximate surface area is 118 Å². The number of hydrogen-bond donors (Lipinski definition) is 1. The molecule has 0 atom stereocenters. The predicted octanol–water partition coefficient (Wildman–Crippen LogP) is 3.27. The molecule has 1 amide bonds. The largest absolute Gasteiger partial charge is 0.496 e. The van der Waals surface area contributed by atoms with Crippen molar-refractivity contribution >= 4 is 18.1 Å². The fourth-order valence-electron chi connectivity index (χ4n) is 1.98. The second-order valence-electron chi connectivity index (χ2n) is 4.57. The van der Waals surface area contributed by atoms with Crippen LogP contribution >= 0.6 is 0 Å². The second-order valence-corrected chi connectivity index (χ2v) is 4.57. The first-order chi connectivity index (χ1) is 9.60. The molecule has 102 valence electrons. The van der Waals surface area contributed by atoms with Gasteiger partial charge in [0.1, 0.15) is 5.75 Å². The van der Waals surface area contributed by atoms with Crippen molar-refractivity contribution in [2.24, 2.45) is 5.73 Å². The number of aryl methyl sites for hydroxylation is 1. The predicted molar refractivity (Wildman–Crippen MR) is 81.6 cm³/mol. The van der Waals surface area contributed by atoms with Crippen LogP contribution in [0.5, 0.6) is 5.75 Å². The number of nitrogens with two attached hydrogens (primary N) is 1. The molecule has 2 aromatic carbocycles. The first-order valence-electron chi connectivity index (χ1n) is 6.33. The Morgan fingerprint density at radius 2 is 1.95 bits per heavy atom. The molecule has 3 heteroatoms. The number of carbonyl (C=O) groups excluding carboxylic acids is 1. The average molecular weight is 267 g/mol. The van der Waals surface area contributed by atoms with Gasteiger partial charge in [0.25, 0.3) is 0 Å². The van der Waals surface area contributed by atoms with Crippen molar-refractivity contribution in [2.45, 2.75) is 6.92 Å². The van der Waals surface area contributed by atoms with Gasteiger partial charge in [-0.15, -0.1) is 0 Å². The van der Waals surface area contributed by atoms with E-state index in [1.807, 2.05) is 37.3 Å². The Hall–Kier alpha value is -2.55. The van der Waals surface area contributed by atoms with Crippen LogP contribution in [0.1, 0.15) is 27.0 Å². The maximum atomic E-state index is 11.2. The van der Waals surface area contributed by atoms with E-state index in [4.69, 9.17) is 10.5 Å². The van der Waals surface area contributed by atoms with E-state index in [9.17, 15) is 4.79 Å². The van der Waals surface area contributed by atoms with E-state index in [1.54, 1.807) is 25.3 Å². The lowest BCUT2D eigenvalue weighted by Crippen LogP contribution is -2.10. The molecule has 20 heavy (non-hydrogen) atoms. The van der Waals surface area contributed by atoms with Crippen molar-refractivity contribution in [3.05, 3.63) is 64.7 Å². The number of hydrogen-bond acceptors (Lipinski definition) is 2. The first-order valence-corrected chi connectivity index (χ1v) is 6.33. The van der Waals surface area contributed by atoms with Crippen LogP contribution in [0, 0.1) is 6.92 Å². The molecular weight excluding hydrogens is 250 g/mol. The van der Waals surface area contributed by atoms with Crippen LogP contribution < -0.4 is 10.5 Å². The molecule has 0 radical (unpaired) electrons. The van der Waals surface area contributed by atoms with Crippen LogP contribution in [-0.4, -0.2) is 13.0 Å². The van der Waals surface area contributed by atoms with E-state index in [1.165, 1.54) is 5.56 Å². The minimum Gasteiger partial charge on any atom is -0.496 e. The zero-order chi connectivity index (χ0) is 14.5. The molecular formula is C17H17NO2. The molecule has 0 fully saturated rings. The third-order valence-electron chi connectivity index (χ3n) is 3.01. The number of amides is 1. The summed E-state index contributed by atoms with van der Waals surface area (Å²) in [7, 11) is 1.60. The summed E-state index contributed by atoms with van der Waals surface area (Å²) in [6.07, 6.45) is 3.90. The maximum Gasteiger partial charge on any atom is 0.248 e. The van der Waals surface area contributed by atoms with Crippen LogP contribution in [0.25, 0.3) is 12.2 Å². The molecule has 0 aromatic heterocycles. The molecule has 0 heterocycles. The summed E-state index contributed by atoms with van der Waals surface area (Å²) < 4.78 is 5.29. The zero-order valence-electron chi connectivity index (χ0n) is 11.6. The highest BCUT2D eigenvalue weighted by atomic mass is 16.5. The lowest BCUT2D eigenvalue weighted by molar-refractivity contribution is 0.1000. The summed E-state index contributed by atoms with van der Waals surface area (Å²) >= 11 is 0. The van der Waals surface area contributed by atoms with Crippen LogP contribution in [0.15, 0.2) is 42.5 Å². The van der Waals surface area contributed by atoms with Gasteiger partial charge in [0, 0.05) is 11.1 Å². The Morgan fingerprint density at radius 3 is 2.60 bits per heavy atom. The number of ether oxygens (including phenoxy) is 1. The van der Waals surface area contributed by atoms with E-state index >= 15 is 0 Å². The SMILES string of the molecule is COc1ccc(C(N)=O)cc1/C=C/c1cccc(C)c1. The minimum absolute atomic E-state index is 0.446.